The third-order valence-electron chi connectivity index (χ3n) is 2.88. The molecule has 0 atom stereocenters. The number of hydrogen-bond acceptors (Lipinski definition) is 2. The van der Waals surface area contributed by atoms with Crippen molar-refractivity contribution in [1.82, 2.24) is 4.90 Å². The van der Waals surface area contributed by atoms with Crippen LogP contribution in [0.15, 0.2) is 42.5 Å². The van der Waals surface area contributed by atoms with Gasteiger partial charge in [0.15, 0.2) is 0 Å². The van der Waals surface area contributed by atoms with E-state index < -0.39 is 0 Å². The first-order valence-electron chi connectivity index (χ1n) is 6.01. The zero-order valence-corrected chi connectivity index (χ0v) is 11.5. The van der Waals surface area contributed by atoms with Crippen LogP contribution in [0.25, 0.3) is 0 Å². The Morgan fingerprint density at radius 3 is 2.42 bits per heavy atom. The van der Waals surface area contributed by atoms with Crippen LogP contribution in [0.3, 0.4) is 0 Å². The molecule has 0 heterocycles. The van der Waals surface area contributed by atoms with Crippen molar-refractivity contribution in [3.8, 4) is 0 Å². The molecule has 2 N–H and O–H groups in total. The normalized spacial score (nSPS) is 10.9. The summed E-state index contributed by atoms with van der Waals surface area (Å²) >= 11 is 6.14. The lowest BCUT2D eigenvalue weighted by Crippen LogP contribution is -2.17. The topological polar surface area (TPSA) is 29.3 Å². The zero-order valence-electron chi connectivity index (χ0n) is 10.7. The van der Waals surface area contributed by atoms with Crippen molar-refractivity contribution in [2.45, 2.75) is 13.1 Å². The lowest BCUT2D eigenvalue weighted by Gasteiger charge is -2.17. The van der Waals surface area contributed by atoms with Crippen LogP contribution in [0.4, 0.5) is 10.1 Å². The molecule has 0 spiro atoms. The van der Waals surface area contributed by atoms with Crippen molar-refractivity contribution in [3.05, 3.63) is 64.4 Å². The number of nitrogens with two attached hydrogens (primary N) is 1. The zero-order chi connectivity index (χ0) is 13.8. The molecule has 2 aromatic carbocycles. The van der Waals surface area contributed by atoms with Crippen LogP contribution in [0.5, 0.6) is 0 Å². The van der Waals surface area contributed by atoms with Gasteiger partial charge >= 0.3 is 0 Å². The maximum absolute atomic E-state index is 12.8. The number of hydrogen-bond donors (Lipinski definition) is 1. The van der Waals surface area contributed by atoms with E-state index in [1.54, 1.807) is 18.2 Å². The standard InChI is InChI=1S/C15H16ClFN2/c1-19(9-11-2-5-13(17)6-3-11)10-12-4-7-14(18)8-15(12)16/h2-8H,9-10,18H2,1H3. The van der Waals surface area contributed by atoms with Gasteiger partial charge in [-0.25, -0.2) is 4.39 Å². The number of anilines is 1. The highest BCUT2D eigenvalue weighted by atomic mass is 35.5. The minimum Gasteiger partial charge on any atom is -0.399 e. The molecular weight excluding hydrogens is 263 g/mol. The van der Waals surface area contributed by atoms with Crippen LogP contribution in [-0.2, 0) is 13.1 Å². The van der Waals surface area contributed by atoms with E-state index in [1.807, 2.05) is 19.2 Å². The summed E-state index contributed by atoms with van der Waals surface area (Å²) in [7, 11) is 2.00. The molecule has 0 fully saturated rings. The van der Waals surface area contributed by atoms with Gasteiger partial charge < -0.3 is 5.73 Å². The van der Waals surface area contributed by atoms with E-state index in [0.717, 1.165) is 24.2 Å². The van der Waals surface area contributed by atoms with Gasteiger partial charge in [-0.1, -0.05) is 29.8 Å². The van der Waals surface area contributed by atoms with Crippen molar-refractivity contribution in [1.29, 1.82) is 0 Å². The van der Waals surface area contributed by atoms with Gasteiger partial charge in [0.25, 0.3) is 0 Å². The van der Waals surface area contributed by atoms with Crippen LogP contribution in [0.1, 0.15) is 11.1 Å². The van der Waals surface area contributed by atoms with Crippen LogP contribution in [0.2, 0.25) is 5.02 Å². The summed E-state index contributed by atoms with van der Waals surface area (Å²) in [5, 5.41) is 0.672. The Bertz CT molecular complexity index is 555. The average Bonchev–Trinajstić information content (AvgIpc) is 2.36. The maximum atomic E-state index is 12.8. The molecule has 0 aliphatic carbocycles. The predicted octanol–water partition coefficient (Wildman–Crippen LogP) is 3.69. The van der Waals surface area contributed by atoms with Crippen LogP contribution >= 0.6 is 11.6 Å². The van der Waals surface area contributed by atoms with E-state index in [9.17, 15) is 4.39 Å². The summed E-state index contributed by atoms with van der Waals surface area (Å²) in [5.74, 6) is -0.215. The second-order valence-corrected chi connectivity index (χ2v) is 5.06. The third-order valence-corrected chi connectivity index (χ3v) is 3.23. The van der Waals surface area contributed by atoms with Crippen molar-refractivity contribution < 1.29 is 4.39 Å². The van der Waals surface area contributed by atoms with Gasteiger partial charge in [-0.05, 0) is 42.4 Å². The molecule has 0 saturated carbocycles. The summed E-state index contributed by atoms with van der Waals surface area (Å²) in [5.41, 5.74) is 8.42. The average molecular weight is 279 g/mol. The molecule has 0 aliphatic rings. The fourth-order valence-corrected chi connectivity index (χ4v) is 2.19. The summed E-state index contributed by atoms with van der Waals surface area (Å²) in [4.78, 5) is 2.12. The largest absolute Gasteiger partial charge is 0.399 e. The van der Waals surface area contributed by atoms with E-state index >= 15 is 0 Å². The summed E-state index contributed by atoms with van der Waals surface area (Å²) < 4.78 is 12.8. The second kappa shape index (κ2) is 6.04. The molecule has 2 aromatic rings. The molecular formula is C15H16ClFN2. The second-order valence-electron chi connectivity index (χ2n) is 4.65. The van der Waals surface area contributed by atoms with Gasteiger partial charge in [0, 0.05) is 23.8 Å². The van der Waals surface area contributed by atoms with Crippen molar-refractivity contribution in [3.63, 3.8) is 0 Å². The Morgan fingerprint density at radius 2 is 1.79 bits per heavy atom. The van der Waals surface area contributed by atoms with Gasteiger partial charge in [-0.2, -0.15) is 0 Å². The monoisotopic (exact) mass is 278 g/mol. The van der Waals surface area contributed by atoms with Gasteiger partial charge in [0.2, 0.25) is 0 Å². The fourth-order valence-electron chi connectivity index (χ4n) is 1.94. The third kappa shape index (κ3) is 3.94. The van der Waals surface area contributed by atoms with Gasteiger partial charge in [0.05, 0.1) is 0 Å². The Balaban J connectivity index is 2.01. The molecule has 19 heavy (non-hydrogen) atoms. The number of halogens is 2. The fraction of sp³-hybridized carbons (Fsp3) is 0.200. The van der Waals surface area contributed by atoms with E-state index in [0.29, 0.717) is 10.7 Å². The molecule has 0 amide bonds. The lowest BCUT2D eigenvalue weighted by atomic mass is 10.1. The molecule has 4 heteroatoms. The Labute approximate surface area is 117 Å². The first-order valence-corrected chi connectivity index (χ1v) is 6.39. The molecule has 0 bridgehead atoms. The Hall–Kier alpha value is -1.58. The van der Waals surface area contributed by atoms with Crippen molar-refractivity contribution in [2.75, 3.05) is 12.8 Å². The van der Waals surface area contributed by atoms with Crippen molar-refractivity contribution in [2.24, 2.45) is 0 Å². The SMILES string of the molecule is CN(Cc1ccc(F)cc1)Cc1ccc(N)cc1Cl. The number of rotatable bonds is 4. The summed E-state index contributed by atoms with van der Waals surface area (Å²) in [6.45, 7) is 1.46. The maximum Gasteiger partial charge on any atom is 0.123 e. The van der Waals surface area contributed by atoms with E-state index in [2.05, 4.69) is 4.90 Å². The molecule has 2 nitrogen and oxygen atoms in total. The highest BCUT2D eigenvalue weighted by molar-refractivity contribution is 6.31. The van der Waals surface area contributed by atoms with Gasteiger partial charge in [-0.15, -0.1) is 0 Å². The van der Waals surface area contributed by atoms with E-state index in [4.69, 9.17) is 17.3 Å². The molecule has 2 rings (SSSR count). The molecule has 0 radical (unpaired) electrons. The lowest BCUT2D eigenvalue weighted by molar-refractivity contribution is 0.319. The van der Waals surface area contributed by atoms with E-state index in [1.165, 1.54) is 12.1 Å². The molecule has 0 saturated heterocycles. The quantitative estimate of drug-likeness (QED) is 0.864. The predicted molar refractivity (Wildman–Crippen MR) is 77.4 cm³/mol. The molecule has 100 valence electrons. The molecule has 0 aliphatic heterocycles. The Kier molecular flexibility index (Phi) is 4.40. The van der Waals surface area contributed by atoms with Crippen LogP contribution < -0.4 is 5.73 Å². The first-order chi connectivity index (χ1) is 9.04. The smallest absolute Gasteiger partial charge is 0.123 e. The minimum absolute atomic E-state index is 0.215. The highest BCUT2D eigenvalue weighted by Gasteiger charge is 2.06. The number of benzene rings is 2. The van der Waals surface area contributed by atoms with Crippen molar-refractivity contribution >= 4 is 17.3 Å². The molecule has 0 aromatic heterocycles. The van der Waals surface area contributed by atoms with Gasteiger partial charge in [-0.3, -0.25) is 4.90 Å². The number of nitrogen functional groups attached to an aromatic ring is 1. The van der Waals surface area contributed by atoms with E-state index in [-0.39, 0.29) is 5.82 Å². The molecule has 0 unspecified atom stereocenters. The van der Waals surface area contributed by atoms with Crippen LogP contribution in [-0.4, -0.2) is 11.9 Å². The highest BCUT2D eigenvalue weighted by Crippen LogP contribution is 2.21. The summed E-state index contributed by atoms with van der Waals surface area (Å²) in [6, 6.07) is 12.0. The van der Waals surface area contributed by atoms with Crippen LogP contribution in [0, 0.1) is 5.82 Å². The summed E-state index contributed by atoms with van der Waals surface area (Å²) in [6.07, 6.45) is 0. The number of nitrogens with zero attached hydrogens (tertiary/aromatic N) is 1. The Morgan fingerprint density at radius 1 is 1.11 bits per heavy atom. The van der Waals surface area contributed by atoms with Gasteiger partial charge in [0.1, 0.15) is 5.82 Å². The first kappa shape index (κ1) is 13.8. The minimum atomic E-state index is -0.215.